The van der Waals surface area contributed by atoms with E-state index in [1.54, 1.807) is 6.92 Å². The number of aliphatic carboxylic acids is 1. The summed E-state index contributed by atoms with van der Waals surface area (Å²) in [7, 11) is 4.29. The lowest BCUT2D eigenvalue weighted by atomic mass is 10.5. The summed E-state index contributed by atoms with van der Waals surface area (Å²) >= 11 is 0.861. The smallest absolute Gasteiger partial charge is 0.346 e. The van der Waals surface area contributed by atoms with Crippen LogP contribution in [0.1, 0.15) is 6.92 Å². The average molecular weight is 286 g/mol. The molecule has 0 bridgehead atoms. The largest absolute Gasteiger partial charge is 0.500 e. The highest BCUT2D eigenvalue weighted by Gasteiger charge is 2.17. The van der Waals surface area contributed by atoms with Gasteiger partial charge in [-0.1, -0.05) is 0 Å². The molecular weight excluding hydrogens is 272 g/mol. The maximum atomic E-state index is 11.1. The number of rotatable bonds is 6. The number of carboxylic acid groups (broad SMARTS) is 1. The summed E-state index contributed by atoms with van der Waals surface area (Å²) in [6, 6.07) is 1.50. The Balaban J connectivity index is 3.13. The molecule has 19 heavy (non-hydrogen) atoms. The molecule has 0 spiro atoms. The average Bonchev–Trinajstić information content (AvgIpc) is 2.43. The van der Waals surface area contributed by atoms with E-state index in [1.165, 1.54) is 27.4 Å². The van der Waals surface area contributed by atoms with Gasteiger partial charge in [0, 0.05) is 0 Å². The molecule has 1 aromatic heterocycles. The zero-order valence-electron chi connectivity index (χ0n) is 11.0. The van der Waals surface area contributed by atoms with Gasteiger partial charge in [-0.2, -0.15) is 9.97 Å². The van der Waals surface area contributed by atoms with Crippen LogP contribution in [-0.4, -0.2) is 42.4 Å². The van der Waals surface area contributed by atoms with Gasteiger partial charge < -0.3 is 19.3 Å². The van der Waals surface area contributed by atoms with E-state index in [-0.39, 0.29) is 27.6 Å². The SMILES string of the molecule is CO/C(C)=C(/Sc1nc(OC)cc(OC)n1)C(=O)O. The minimum Gasteiger partial charge on any atom is -0.500 e. The molecule has 1 rings (SSSR count). The zero-order valence-corrected chi connectivity index (χ0v) is 11.8. The fourth-order valence-electron chi connectivity index (χ4n) is 1.09. The summed E-state index contributed by atoms with van der Waals surface area (Å²) in [5, 5.41) is 9.31. The highest BCUT2D eigenvalue weighted by Crippen LogP contribution is 2.29. The van der Waals surface area contributed by atoms with Crippen molar-refractivity contribution in [1.82, 2.24) is 9.97 Å². The topological polar surface area (TPSA) is 90.8 Å². The van der Waals surface area contributed by atoms with Gasteiger partial charge in [0.2, 0.25) is 11.8 Å². The van der Waals surface area contributed by atoms with Gasteiger partial charge in [0.1, 0.15) is 10.7 Å². The summed E-state index contributed by atoms with van der Waals surface area (Å²) in [6.07, 6.45) is 0. The van der Waals surface area contributed by atoms with Crippen LogP contribution in [0.5, 0.6) is 11.8 Å². The van der Waals surface area contributed by atoms with Crippen LogP contribution in [0.3, 0.4) is 0 Å². The summed E-state index contributed by atoms with van der Waals surface area (Å²) in [4.78, 5) is 19.2. The van der Waals surface area contributed by atoms with E-state index < -0.39 is 5.97 Å². The van der Waals surface area contributed by atoms with Crippen molar-refractivity contribution in [2.45, 2.75) is 12.1 Å². The van der Waals surface area contributed by atoms with Crippen molar-refractivity contribution in [2.75, 3.05) is 21.3 Å². The highest BCUT2D eigenvalue weighted by molar-refractivity contribution is 8.03. The molecule has 0 aliphatic rings. The maximum absolute atomic E-state index is 11.1. The summed E-state index contributed by atoms with van der Waals surface area (Å²) < 4.78 is 14.9. The van der Waals surface area contributed by atoms with Crippen LogP contribution in [0, 0.1) is 0 Å². The number of hydrogen-bond donors (Lipinski definition) is 1. The van der Waals surface area contributed by atoms with Gasteiger partial charge in [-0.3, -0.25) is 0 Å². The molecule has 1 aromatic rings. The normalized spacial score (nSPS) is 11.6. The molecule has 0 atom stereocenters. The van der Waals surface area contributed by atoms with Gasteiger partial charge in [-0.05, 0) is 18.7 Å². The third kappa shape index (κ3) is 4.02. The van der Waals surface area contributed by atoms with Crippen LogP contribution < -0.4 is 9.47 Å². The molecule has 104 valence electrons. The predicted molar refractivity (Wildman–Crippen MR) is 68.3 cm³/mol. The van der Waals surface area contributed by atoms with Crippen molar-refractivity contribution < 1.29 is 24.1 Å². The molecule has 0 saturated carbocycles. The first-order chi connectivity index (χ1) is 9.01. The first-order valence-electron chi connectivity index (χ1n) is 5.14. The van der Waals surface area contributed by atoms with Crippen LogP contribution in [0.4, 0.5) is 0 Å². The second-order valence-corrected chi connectivity index (χ2v) is 4.21. The Hall–Kier alpha value is -1.96. The molecule has 0 fully saturated rings. The monoisotopic (exact) mass is 286 g/mol. The summed E-state index contributed by atoms with van der Waals surface area (Å²) in [6.45, 7) is 1.55. The molecule has 0 unspecified atom stereocenters. The number of carbonyl (C=O) groups is 1. The zero-order chi connectivity index (χ0) is 14.4. The van der Waals surface area contributed by atoms with Crippen molar-refractivity contribution in [3.63, 3.8) is 0 Å². The summed E-state index contributed by atoms with van der Waals surface area (Å²) in [5.74, 6) is -0.277. The number of aromatic nitrogens is 2. The molecule has 0 aliphatic heterocycles. The lowest BCUT2D eigenvalue weighted by molar-refractivity contribution is -0.132. The van der Waals surface area contributed by atoms with E-state index in [9.17, 15) is 4.79 Å². The van der Waals surface area contributed by atoms with Crippen molar-refractivity contribution in [1.29, 1.82) is 0 Å². The number of nitrogens with zero attached hydrogens (tertiary/aromatic N) is 2. The van der Waals surface area contributed by atoms with Crippen molar-refractivity contribution in [2.24, 2.45) is 0 Å². The molecule has 1 N–H and O–H groups in total. The number of hydrogen-bond acceptors (Lipinski definition) is 7. The van der Waals surface area contributed by atoms with E-state index in [2.05, 4.69) is 9.97 Å². The molecule has 0 aromatic carbocycles. The third-order valence-corrected chi connectivity index (χ3v) is 3.12. The van der Waals surface area contributed by atoms with Gasteiger partial charge >= 0.3 is 5.97 Å². The van der Waals surface area contributed by atoms with E-state index >= 15 is 0 Å². The Labute approximate surface area is 114 Å². The number of thioether (sulfide) groups is 1. The first-order valence-corrected chi connectivity index (χ1v) is 5.96. The Kier molecular flexibility index (Phi) is 5.43. The predicted octanol–water partition coefficient (Wildman–Crippen LogP) is 1.55. The van der Waals surface area contributed by atoms with Gasteiger partial charge in [0.15, 0.2) is 5.16 Å². The molecule has 0 radical (unpaired) electrons. The number of carboxylic acids is 1. The second-order valence-electron chi connectivity index (χ2n) is 3.23. The van der Waals surface area contributed by atoms with E-state index in [0.29, 0.717) is 0 Å². The van der Waals surface area contributed by atoms with Crippen LogP contribution >= 0.6 is 11.8 Å². The summed E-state index contributed by atoms with van der Waals surface area (Å²) in [5.41, 5.74) is 0. The van der Waals surface area contributed by atoms with Crippen LogP contribution in [0.2, 0.25) is 0 Å². The molecule has 1 heterocycles. The minimum absolute atomic E-state index is 0.00203. The lowest BCUT2D eigenvalue weighted by Crippen LogP contribution is -2.03. The molecular formula is C11H14N2O5S. The van der Waals surface area contributed by atoms with Crippen molar-refractivity contribution in [3.05, 3.63) is 16.7 Å². The number of allylic oxidation sites excluding steroid dienone is 1. The van der Waals surface area contributed by atoms with Crippen molar-refractivity contribution in [3.8, 4) is 11.8 Å². The van der Waals surface area contributed by atoms with Crippen LogP contribution in [-0.2, 0) is 9.53 Å². The quantitative estimate of drug-likeness (QED) is 0.364. The van der Waals surface area contributed by atoms with Crippen LogP contribution in [0.15, 0.2) is 21.9 Å². The molecule has 7 nitrogen and oxygen atoms in total. The van der Waals surface area contributed by atoms with Gasteiger partial charge in [-0.15, -0.1) is 0 Å². The number of methoxy groups -OCH3 is 3. The Morgan fingerprint density at radius 1 is 1.21 bits per heavy atom. The van der Waals surface area contributed by atoms with E-state index in [4.69, 9.17) is 19.3 Å². The Morgan fingerprint density at radius 2 is 1.74 bits per heavy atom. The van der Waals surface area contributed by atoms with Gasteiger partial charge in [0.25, 0.3) is 0 Å². The fraction of sp³-hybridized carbons (Fsp3) is 0.364. The maximum Gasteiger partial charge on any atom is 0.346 e. The number of ether oxygens (including phenoxy) is 3. The second kappa shape index (κ2) is 6.83. The van der Waals surface area contributed by atoms with Gasteiger partial charge in [0.05, 0.1) is 27.4 Å². The molecule has 0 aliphatic carbocycles. The fourth-order valence-corrected chi connectivity index (χ4v) is 1.86. The highest BCUT2D eigenvalue weighted by atomic mass is 32.2. The van der Waals surface area contributed by atoms with Crippen molar-refractivity contribution >= 4 is 17.7 Å². The van der Waals surface area contributed by atoms with Gasteiger partial charge in [-0.25, -0.2) is 4.79 Å². The minimum atomic E-state index is -1.12. The molecule has 8 heteroatoms. The Bertz CT molecular complexity index is 482. The standard InChI is InChI=1S/C11H14N2O5S/c1-6(16-2)9(10(14)15)19-11-12-7(17-3)5-8(13-11)18-4/h5H,1-4H3,(H,14,15)/b9-6+. The lowest BCUT2D eigenvalue weighted by Gasteiger charge is -2.08. The van der Waals surface area contributed by atoms with E-state index in [0.717, 1.165) is 11.8 Å². The molecule has 0 saturated heterocycles. The first kappa shape index (κ1) is 15.1. The van der Waals surface area contributed by atoms with Crippen LogP contribution in [0.25, 0.3) is 0 Å². The Morgan fingerprint density at radius 3 is 2.11 bits per heavy atom. The third-order valence-electron chi connectivity index (χ3n) is 2.09. The van der Waals surface area contributed by atoms with E-state index in [1.807, 2.05) is 0 Å². The molecule has 0 amide bonds.